The number of quaternary nitrogens is 1. The molecule has 1 amide bonds. The topological polar surface area (TPSA) is 108 Å². The van der Waals surface area contributed by atoms with E-state index in [1.165, 1.54) is 19.3 Å². The fourth-order valence-electron chi connectivity index (χ4n) is 6.06. The summed E-state index contributed by atoms with van der Waals surface area (Å²) in [6.07, 6.45) is 72.0. The van der Waals surface area contributed by atoms with Crippen molar-refractivity contribution < 1.29 is 32.9 Å². The van der Waals surface area contributed by atoms with Crippen molar-refractivity contribution >= 4 is 13.7 Å². The molecule has 0 aromatic rings. The lowest BCUT2D eigenvalue weighted by Gasteiger charge is -2.29. The van der Waals surface area contributed by atoms with Gasteiger partial charge in [0.15, 0.2) is 0 Å². The molecule has 0 aliphatic rings. The van der Waals surface area contributed by atoms with Gasteiger partial charge < -0.3 is 28.8 Å². The summed E-state index contributed by atoms with van der Waals surface area (Å²) in [7, 11) is 1.18. The number of phosphoric acid groups is 1. The van der Waals surface area contributed by atoms with Crippen molar-refractivity contribution in [3.8, 4) is 0 Å². The number of aliphatic hydroxyl groups excluding tert-OH is 1. The van der Waals surface area contributed by atoms with E-state index in [4.69, 9.17) is 9.05 Å². The van der Waals surface area contributed by atoms with Crippen LogP contribution in [0.4, 0.5) is 0 Å². The molecule has 3 unspecified atom stereocenters. The van der Waals surface area contributed by atoms with E-state index in [2.05, 4.69) is 153 Å². The summed E-state index contributed by atoms with van der Waals surface area (Å²) in [6, 6.07) is -0.938. The maximum absolute atomic E-state index is 12.9. The van der Waals surface area contributed by atoms with Crippen LogP contribution in [0.2, 0.25) is 0 Å². The molecular formula is C57H93N2O6P. The first-order valence-corrected chi connectivity index (χ1v) is 26.7. The highest BCUT2D eigenvalue weighted by Crippen LogP contribution is 2.38. The van der Waals surface area contributed by atoms with E-state index < -0.39 is 26.6 Å². The van der Waals surface area contributed by atoms with Crippen molar-refractivity contribution in [2.24, 2.45) is 0 Å². The number of carbonyl (C=O) groups excluding carboxylic acids is 1. The summed E-state index contributed by atoms with van der Waals surface area (Å²) in [5.41, 5.74) is 0. The Bertz CT molecular complexity index is 1570. The first kappa shape index (κ1) is 62.4. The number of amides is 1. The van der Waals surface area contributed by atoms with E-state index in [0.29, 0.717) is 23.9 Å². The van der Waals surface area contributed by atoms with E-state index in [1.54, 1.807) is 6.08 Å². The molecule has 372 valence electrons. The van der Waals surface area contributed by atoms with Crippen LogP contribution in [0, 0.1) is 0 Å². The number of nitrogens with zero attached hydrogens (tertiary/aromatic N) is 1. The smallest absolute Gasteiger partial charge is 0.268 e. The summed E-state index contributed by atoms with van der Waals surface area (Å²) in [5.74, 6) is -0.253. The maximum Gasteiger partial charge on any atom is 0.268 e. The number of phosphoric ester groups is 1. The molecule has 0 aromatic heterocycles. The molecule has 0 saturated heterocycles. The highest BCUT2D eigenvalue weighted by atomic mass is 31.2. The van der Waals surface area contributed by atoms with Gasteiger partial charge in [-0.3, -0.25) is 9.36 Å². The first-order valence-electron chi connectivity index (χ1n) is 25.2. The minimum atomic E-state index is -4.62. The highest BCUT2D eigenvalue weighted by Gasteiger charge is 2.23. The molecule has 66 heavy (non-hydrogen) atoms. The number of unbranched alkanes of at least 4 members (excludes halogenated alkanes) is 8. The fraction of sp³-hybridized carbons (Fsp3) is 0.561. The Morgan fingerprint density at radius 3 is 1.38 bits per heavy atom. The average molecular weight is 933 g/mol. The zero-order valence-corrected chi connectivity index (χ0v) is 43.0. The van der Waals surface area contributed by atoms with Gasteiger partial charge in [0.05, 0.1) is 39.9 Å². The normalized spacial score (nSPS) is 15.3. The predicted octanol–water partition coefficient (Wildman–Crippen LogP) is 14.3. The molecule has 0 saturated carbocycles. The van der Waals surface area contributed by atoms with Crippen LogP contribution in [0.3, 0.4) is 0 Å². The first-order chi connectivity index (χ1) is 32.0. The Labute approximate surface area is 404 Å². The molecule has 2 N–H and O–H groups in total. The number of hydrogen-bond donors (Lipinski definition) is 2. The van der Waals surface area contributed by atoms with Crippen LogP contribution in [0.25, 0.3) is 0 Å². The SMILES string of the molecule is CC/C=C\C/C=C\C/C=C\C/C=C\C/C=C\C/C=C\C/C=C\C/C=C\C/C=C\CCCCCC(=O)NC(COP(=O)([O-])OCC[N+](C)(C)C)C(O)/C=C/CC/C=C/CC/C=C/CCCCC. The van der Waals surface area contributed by atoms with Gasteiger partial charge in [-0.15, -0.1) is 0 Å². The number of carbonyl (C=O) groups is 1. The van der Waals surface area contributed by atoms with E-state index in [-0.39, 0.29) is 18.9 Å². The third-order valence-electron chi connectivity index (χ3n) is 10.0. The molecule has 0 spiro atoms. The number of nitrogens with one attached hydrogen (secondary N) is 1. The molecule has 0 radical (unpaired) electrons. The van der Waals surface area contributed by atoms with Crippen molar-refractivity contribution in [1.29, 1.82) is 0 Å². The minimum Gasteiger partial charge on any atom is -0.756 e. The number of hydrogen-bond acceptors (Lipinski definition) is 6. The maximum atomic E-state index is 12.9. The van der Waals surface area contributed by atoms with Gasteiger partial charge in [-0.05, 0) is 116 Å². The molecule has 0 aliphatic heterocycles. The van der Waals surface area contributed by atoms with Crippen molar-refractivity contribution in [3.05, 3.63) is 146 Å². The van der Waals surface area contributed by atoms with Gasteiger partial charge in [0.2, 0.25) is 5.91 Å². The molecular weight excluding hydrogens is 840 g/mol. The Kier molecular flexibility index (Phi) is 43.9. The van der Waals surface area contributed by atoms with Crippen molar-refractivity contribution in [3.63, 3.8) is 0 Å². The molecule has 3 atom stereocenters. The molecule has 8 nitrogen and oxygen atoms in total. The molecule has 0 bridgehead atoms. The molecule has 9 heteroatoms. The zero-order valence-electron chi connectivity index (χ0n) is 42.1. The van der Waals surface area contributed by atoms with Gasteiger partial charge in [-0.2, -0.15) is 0 Å². The van der Waals surface area contributed by atoms with Crippen LogP contribution in [0.15, 0.2) is 146 Å². The Morgan fingerprint density at radius 2 is 0.939 bits per heavy atom. The summed E-state index contributed by atoms with van der Waals surface area (Å²) >= 11 is 0. The van der Waals surface area contributed by atoms with Crippen molar-refractivity contribution in [2.45, 2.75) is 167 Å². The van der Waals surface area contributed by atoms with E-state index in [9.17, 15) is 19.4 Å². The second-order valence-electron chi connectivity index (χ2n) is 17.4. The van der Waals surface area contributed by atoms with Crippen LogP contribution in [-0.4, -0.2) is 68.5 Å². The predicted molar refractivity (Wildman–Crippen MR) is 283 cm³/mol. The largest absolute Gasteiger partial charge is 0.756 e. The highest BCUT2D eigenvalue weighted by molar-refractivity contribution is 7.45. The lowest BCUT2D eigenvalue weighted by molar-refractivity contribution is -0.870. The van der Waals surface area contributed by atoms with Crippen LogP contribution >= 0.6 is 7.82 Å². The Balaban J connectivity index is 4.40. The monoisotopic (exact) mass is 933 g/mol. The second kappa shape index (κ2) is 46.5. The van der Waals surface area contributed by atoms with Gasteiger partial charge in [-0.1, -0.05) is 179 Å². The van der Waals surface area contributed by atoms with Crippen molar-refractivity contribution in [1.82, 2.24) is 5.32 Å². The summed E-state index contributed by atoms with van der Waals surface area (Å²) in [6.45, 7) is 4.40. The molecule has 0 aromatic carbocycles. The lowest BCUT2D eigenvalue weighted by atomic mass is 10.1. The molecule has 0 rings (SSSR count). The Morgan fingerprint density at radius 1 is 0.545 bits per heavy atom. The molecule has 0 aliphatic carbocycles. The average Bonchev–Trinajstić information content (AvgIpc) is 3.28. The molecule has 0 heterocycles. The quantitative estimate of drug-likeness (QED) is 0.0273. The van der Waals surface area contributed by atoms with E-state index in [1.807, 2.05) is 27.2 Å². The summed E-state index contributed by atoms with van der Waals surface area (Å²) in [5, 5.41) is 13.7. The number of aliphatic hydroxyl groups is 1. The van der Waals surface area contributed by atoms with Gasteiger partial charge >= 0.3 is 0 Å². The van der Waals surface area contributed by atoms with Crippen molar-refractivity contribution in [2.75, 3.05) is 40.9 Å². The van der Waals surface area contributed by atoms with E-state index >= 15 is 0 Å². The third-order valence-corrected chi connectivity index (χ3v) is 11.0. The molecule has 0 fully saturated rings. The van der Waals surface area contributed by atoms with Crippen LogP contribution < -0.4 is 10.2 Å². The fourth-order valence-corrected chi connectivity index (χ4v) is 6.78. The number of likely N-dealkylation sites (N-methyl/N-ethyl adjacent to an activating group) is 1. The minimum absolute atomic E-state index is 0.0250. The van der Waals surface area contributed by atoms with Crippen LogP contribution in [-0.2, 0) is 18.4 Å². The zero-order chi connectivity index (χ0) is 48.5. The number of allylic oxidation sites excluding steroid dienone is 23. The lowest BCUT2D eigenvalue weighted by Crippen LogP contribution is -2.45. The van der Waals surface area contributed by atoms with Gasteiger partial charge in [0, 0.05) is 6.42 Å². The van der Waals surface area contributed by atoms with Gasteiger partial charge in [0.1, 0.15) is 13.2 Å². The summed E-state index contributed by atoms with van der Waals surface area (Å²) in [4.78, 5) is 25.3. The van der Waals surface area contributed by atoms with E-state index in [0.717, 1.165) is 103 Å². The third kappa shape index (κ3) is 48.3. The van der Waals surface area contributed by atoms with Crippen LogP contribution in [0.1, 0.15) is 155 Å². The van der Waals surface area contributed by atoms with Crippen LogP contribution in [0.5, 0.6) is 0 Å². The summed E-state index contributed by atoms with van der Waals surface area (Å²) < 4.78 is 23.2. The number of rotatable bonds is 43. The van der Waals surface area contributed by atoms with Gasteiger partial charge in [0.25, 0.3) is 7.82 Å². The van der Waals surface area contributed by atoms with Gasteiger partial charge in [-0.25, -0.2) is 0 Å². The second-order valence-corrected chi connectivity index (χ2v) is 18.8. The standard InChI is InChI=1S/C57H93N2O6P/c1-6-8-10-12-14-16-18-20-21-22-23-24-25-26-27-28-29-30-31-32-33-34-35-36-37-39-41-43-45-47-49-51-57(61)58-55(54-65-66(62,63)64-53-52-59(3,4)5)56(60)50-48-46-44-42-40-38-19-17-15-13-11-9-7-2/h8,10,14-17,20-21,23-24,26-27,29-30,32-33,35-36,39-42,48,50,55-56,60H,6-7,9,11-13,18-19,22,25,28,31,34,37-38,43-47,49,51-54H2,1-5H3,(H-,58,61,62,63)/b10-8-,16-14-,17-15+,21-20-,24-23-,27-26-,30-29-,33-32-,36-35-,41-39-,42-40+,50-48+. The Hall–Kier alpha value is -3.62.